The molecule has 0 aliphatic heterocycles. The van der Waals surface area contributed by atoms with Crippen LogP contribution in [0.1, 0.15) is 11.5 Å². The first-order chi connectivity index (χ1) is 12.5. The average Bonchev–Trinajstić information content (AvgIpc) is 3.12. The standard InChI is InChI=1S/C18H17BrN4O2S/c1-11-8-13(6-7-15(11)19)21-18(26)20-10-16-22-17(23-25-16)12-4-3-5-14(9-12)24-2/h3-9H,10H2,1-2H3,(H2,20,21,26). The Kier molecular flexibility index (Phi) is 5.85. The Hall–Kier alpha value is -2.45. The third kappa shape index (κ3) is 4.59. The van der Waals surface area contributed by atoms with Gasteiger partial charge < -0.3 is 19.9 Å². The van der Waals surface area contributed by atoms with E-state index in [0.29, 0.717) is 23.4 Å². The van der Waals surface area contributed by atoms with Crippen LogP contribution < -0.4 is 15.4 Å². The molecule has 6 nitrogen and oxygen atoms in total. The van der Waals surface area contributed by atoms with Gasteiger partial charge in [0.1, 0.15) is 5.75 Å². The largest absolute Gasteiger partial charge is 0.497 e. The lowest BCUT2D eigenvalue weighted by Gasteiger charge is -2.10. The smallest absolute Gasteiger partial charge is 0.246 e. The van der Waals surface area contributed by atoms with Crippen molar-refractivity contribution in [1.29, 1.82) is 0 Å². The SMILES string of the molecule is COc1cccc(-c2noc(CNC(=S)Nc3ccc(Br)c(C)c3)n2)c1. The third-order valence-electron chi connectivity index (χ3n) is 3.61. The molecule has 0 spiro atoms. The fourth-order valence-corrected chi connectivity index (χ4v) is 2.70. The molecule has 2 aromatic carbocycles. The van der Waals surface area contributed by atoms with Gasteiger partial charge in [0.15, 0.2) is 5.11 Å². The summed E-state index contributed by atoms with van der Waals surface area (Å²) >= 11 is 8.78. The minimum Gasteiger partial charge on any atom is -0.497 e. The Morgan fingerprint density at radius 1 is 1.27 bits per heavy atom. The highest BCUT2D eigenvalue weighted by Crippen LogP contribution is 2.21. The van der Waals surface area contributed by atoms with Gasteiger partial charge >= 0.3 is 0 Å². The number of ether oxygens (including phenoxy) is 1. The van der Waals surface area contributed by atoms with Gasteiger partial charge in [0.05, 0.1) is 13.7 Å². The van der Waals surface area contributed by atoms with Crippen LogP contribution >= 0.6 is 28.1 Å². The van der Waals surface area contributed by atoms with Gasteiger partial charge in [0.25, 0.3) is 0 Å². The first-order valence-electron chi connectivity index (χ1n) is 7.83. The molecule has 0 saturated carbocycles. The zero-order valence-electron chi connectivity index (χ0n) is 14.2. The molecule has 0 saturated heterocycles. The molecule has 3 rings (SSSR count). The predicted molar refractivity (Wildman–Crippen MR) is 108 cm³/mol. The zero-order chi connectivity index (χ0) is 18.5. The average molecular weight is 433 g/mol. The Labute approximate surface area is 165 Å². The van der Waals surface area contributed by atoms with E-state index in [0.717, 1.165) is 27.0 Å². The van der Waals surface area contributed by atoms with Crippen LogP contribution in [0.4, 0.5) is 5.69 Å². The predicted octanol–water partition coefficient (Wildman–Crippen LogP) is 4.30. The molecule has 1 aromatic heterocycles. The molecular formula is C18H17BrN4O2S. The highest BCUT2D eigenvalue weighted by molar-refractivity contribution is 9.10. The summed E-state index contributed by atoms with van der Waals surface area (Å²) in [7, 11) is 1.62. The van der Waals surface area contributed by atoms with Crippen molar-refractivity contribution in [3.05, 3.63) is 58.4 Å². The second-order valence-electron chi connectivity index (χ2n) is 5.52. The van der Waals surface area contributed by atoms with Gasteiger partial charge in [-0.3, -0.25) is 0 Å². The molecular weight excluding hydrogens is 416 g/mol. The van der Waals surface area contributed by atoms with Crippen LogP contribution in [0.3, 0.4) is 0 Å². The number of methoxy groups -OCH3 is 1. The summed E-state index contributed by atoms with van der Waals surface area (Å²) in [5.41, 5.74) is 2.86. The number of aromatic nitrogens is 2. The fourth-order valence-electron chi connectivity index (χ4n) is 2.26. The van der Waals surface area contributed by atoms with Crippen LogP contribution in [0.25, 0.3) is 11.4 Å². The lowest BCUT2D eigenvalue weighted by Crippen LogP contribution is -2.28. The normalized spacial score (nSPS) is 10.4. The number of aryl methyl sites for hydroxylation is 1. The van der Waals surface area contributed by atoms with Gasteiger partial charge in [-0.15, -0.1) is 0 Å². The first kappa shape index (κ1) is 18.3. The first-order valence-corrected chi connectivity index (χ1v) is 9.03. The van der Waals surface area contributed by atoms with Gasteiger partial charge in [0, 0.05) is 15.7 Å². The van der Waals surface area contributed by atoms with Crippen LogP contribution in [0, 0.1) is 6.92 Å². The van der Waals surface area contributed by atoms with Crippen LogP contribution in [-0.2, 0) is 6.54 Å². The summed E-state index contributed by atoms with van der Waals surface area (Å²) in [6, 6.07) is 13.4. The van der Waals surface area contributed by atoms with Gasteiger partial charge in [-0.2, -0.15) is 4.98 Å². The van der Waals surface area contributed by atoms with Crippen LogP contribution in [0.5, 0.6) is 5.75 Å². The summed E-state index contributed by atoms with van der Waals surface area (Å²) in [5.74, 6) is 1.68. The van der Waals surface area contributed by atoms with E-state index in [-0.39, 0.29) is 0 Å². The highest BCUT2D eigenvalue weighted by Gasteiger charge is 2.10. The summed E-state index contributed by atoms with van der Waals surface area (Å²) in [6.45, 7) is 2.35. The van der Waals surface area contributed by atoms with Crippen molar-refractivity contribution >= 4 is 38.9 Å². The minimum absolute atomic E-state index is 0.332. The van der Waals surface area contributed by atoms with E-state index in [1.165, 1.54) is 0 Å². The number of nitrogens with one attached hydrogen (secondary N) is 2. The van der Waals surface area contributed by atoms with Crippen LogP contribution in [-0.4, -0.2) is 22.4 Å². The Bertz CT molecular complexity index is 929. The molecule has 2 N–H and O–H groups in total. The summed E-state index contributed by atoms with van der Waals surface area (Å²) in [4.78, 5) is 4.37. The quantitative estimate of drug-likeness (QED) is 0.582. The monoisotopic (exact) mass is 432 g/mol. The second-order valence-corrected chi connectivity index (χ2v) is 6.78. The molecule has 26 heavy (non-hydrogen) atoms. The second kappa shape index (κ2) is 8.29. The van der Waals surface area contributed by atoms with Gasteiger partial charge in [-0.05, 0) is 55.0 Å². The zero-order valence-corrected chi connectivity index (χ0v) is 16.6. The van der Waals surface area contributed by atoms with E-state index in [1.54, 1.807) is 7.11 Å². The lowest BCUT2D eigenvalue weighted by molar-refractivity contribution is 0.376. The molecule has 134 valence electrons. The molecule has 0 bridgehead atoms. The van der Waals surface area contributed by atoms with Crippen molar-refractivity contribution in [3.8, 4) is 17.1 Å². The number of nitrogens with zero attached hydrogens (tertiary/aromatic N) is 2. The molecule has 0 fully saturated rings. The van der Waals surface area contributed by atoms with Gasteiger partial charge in [0.2, 0.25) is 11.7 Å². The number of halogens is 1. The molecule has 0 aliphatic carbocycles. The van der Waals surface area contributed by atoms with Crippen molar-refractivity contribution in [2.45, 2.75) is 13.5 Å². The number of rotatable bonds is 5. The maximum absolute atomic E-state index is 5.30. The van der Waals surface area contributed by atoms with E-state index >= 15 is 0 Å². The van der Waals surface area contributed by atoms with Crippen LogP contribution in [0.15, 0.2) is 51.5 Å². The van der Waals surface area contributed by atoms with Crippen molar-refractivity contribution in [2.75, 3.05) is 12.4 Å². The number of thiocarbonyl (C=S) groups is 1. The van der Waals surface area contributed by atoms with Crippen molar-refractivity contribution in [3.63, 3.8) is 0 Å². The highest BCUT2D eigenvalue weighted by atomic mass is 79.9. The molecule has 0 radical (unpaired) electrons. The Balaban J connectivity index is 1.58. The molecule has 8 heteroatoms. The maximum atomic E-state index is 5.30. The third-order valence-corrected chi connectivity index (χ3v) is 4.75. The maximum Gasteiger partial charge on any atom is 0.246 e. The number of benzene rings is 2. The Morgan fingerprint density at radius 2 is 2.12 bits per heavy atom. The van der Waals surface area contributed by atoms with E-state index in [9.17, 15) is 0 Å². The molecule has 0 atom stereocenters. The van der Waals surface area contributed by atoms with Gasteiger partial charge in [-0.1, -0.05) is 33.2 Å². The van der Waals surface area contributed by atoms with E-state index in [4.69, 9.17) is 21.5 Å². The van der Waals surface area contributed by atoms with Crippen molar-refractivity contribution in [2.24, 2.45) is 0 Å². The molecule has 1 heterocycles. The fraction of sp³-hybridized carbons (Fsp3) is 0.167. The topological polar surface area (TPSA) is 72.2 Å². The van der Waals surface area contributed by atoms with E-state index < -0.39 is 0 Å². The van der Waals surface area contributed by atoms with E-state index in [2.05, 4.69) is 36.7 Å². The number of anilines is 1. The van der Waals surface area contributed by atoms with Crippen molar-refractivity contribution in [1.82, 2.24) is 15.5 Å². The molecule has 0 unspecified atom stereocenters. The lowest BCUT2D eigenvalue weighted by atomic mass is 10.2. The minimum atomic E-state index is 0.332. The molecule has 0 aliphatic rings. The molecule has 3 aromatic rings. The van der Waals surface area contributed by atoms with Crippen LogP contribution in [0.2, 0.25) is 0 Å². The van der Waals surface area contributed by atoms with Crippen molar-refractivity contribution < 1.29 is 9.26 Å². The number of hydrogen-bond acceptors (Lipinski definition) is 5. The molecule has 0 amide bonds. The summed E-state index contributed by atoms with van der Waals surface area (Å²) < 4.78 is 11.5. The Morgan fingerprint density at radius 3 is 2.88 bits per heavy atom. The summed E-state index contributed by atoms with van der Waals surface area (Å²) in [5, 5.41) is 10.7. The summed E-state index contributed by atoms with van der Waals surface area (Å²) in [6.07, 6.45) is 0. The van der Waals surface area contributed by atoms with Gasteiger partial charge in [-0.25, -0.2) is 0 Å². The van der Waals surface area contributed by atoms with E-state index in [1.807, 2.05) is 49.4 Å². The number of hydrogen-bond donors (Lipinski definition) is 2.